The van der Waals surface area contributed by atoms with Crippen molar-refractivity contribution in [3.05, 3.63) is 0 Å². The van der Waals surface area contributed by atoms with Crippen molar-refractivity contribution in [3.63, 3.8) is 0 Å². The highest BCUT2D eigenvalue weighted by Crippen LogP contribution is 2.23. The molecule has 0 saturated carbocycles. The maximum absolute atomic E-state index is 2.70. The van der Waals surface area contributed by atoms with Crippen molar-refractivity contribution in [2.75, 3.05) is 26.2 Å². The van der Waals surface area contributed by atoms with Gasteiger partial charge in [-0.15, -0.1) is 0 Å². The third-order valence-electron chi connectivity index (χ3n) is 3.49. The van der Waals surface area contributed by atoms with E-state index < -0.39 is 0 Å². The van der Waals surface area contributed by atoms with Crippen molar-refractivity contribution in [1.82, 2.24) is 4.90 Å². The van der Waals surface area contributed by atoms with Crippen molar-refractivity contribution in [3.8, 4) is 0 Å². The minimum Gasteiger partial charge on any atom is -0.346 e. The Labute approximate surface area is 75.3 Å². The molecule has 2 heterocycles. The Kier molecular flexibility index (Phi) is 2.66. The molecular formula is C10H21N2+. The number of nitrogens with two attached hydrogens (primary N) is 1. The lowest BCUT2D eigenvalue weighted by Crippen LogP contribution is -2.87. The zero-order valence-electron chi connectivity index (χ0n) is 8.13. The molecule has 0 bridgehead atoms. The van der Waals surface area contributed by atoms with Crippen LogP contribution in [0.5, 0.6) is 0 Å². The molecule has 2 heteroatoms. The van der Waals surface area contributed by atoms with Crippen LogP contribution in [0.2, 0.25) is 0 Å². The van der Waals surface area contributed by atoms with Gasteiger partial charge < -0.3 is 5.32 Å². The second-order valence-electron chi connectivity index (χ2n) is 4.33. The van der Waals surface area contributed by atoms with Crippen LogP contribution in [0.4, 0.5) is 0 Å². The van der Waals surface area contributed by atoms with Gasteiger partial charge in [0.1, 0.15) is 0 Å². The van der Waals surface area contributed by atoms with E-state index in [0.717, 1.165) is 12.0 Å². The van der Waals surface area contributed by atoms with Gasteiger partial charge in [-0.25, -0.2) is 0 Å². The van der Waals surface area contributed by atoms with E-state index in [2.05, 4.69) is 17.1 Å². The maximum Gasteiger partial charge on any atom is 0.0770 e. The molecule has 2 aliphatic heterocycles. The van der Waals surface area contributed by atoms with E-state index >= 15 is 0 Å². The summed E-state index contributed by atoms with van der Waals surface area (Å²) < 4.78 is 0. The summed E-state index contributed by atoms with van der Waals surface area (Å²) in [6.07, 6.45) is 4.24. The number of piperidine rings is 1. The lowest BCUT2D eigenvalue weighted by Gasteiger charge is -2.45. The smallest absolute Gasteiger partial charge is 0.0770 e. The summed E-state index contributed by atoms with van der Waals surface area (Å²) in [6, 6.07) is 0.942. The van der Waals surface area contributed by atoms with E-state index in [1.54, 1.807) is 0 Å². The molecule has 0 radical (unpaired) electrons. The second kappa shape index (κ2) is 3.75. The fourth-order valence-electron chi connectivity index (χ4n) is 2.44. The molecule has 0 aliphatic carbocycles. The lowest BCUT2D eigenvalue weighted by molar-refractivity contribution is -0.664. The third kappa shape index (κ3) is 1.64. The van der Waals surface area contributed by atoms with Crippen LogP contribution in [0.25, 0.3) is 0 Å². The van der Waals surface area contributed by atoms with Crippen LogP contribution in [-0.4, -0.2) is 37.1 Å². The summed E-state index contributed by atoms with van der Waals surface area (Å²) in [7, 11) is 0. The molecule has 2 saturated heterocycles. The molecule has 2 N–H and O–H groups in total. The first-order valence-electron chi connectivity index (χ1n) is 5.46. The van der Waals surface area contributed by atoms with E-state index in [0.29, 0.717) is 0 Å². The summed E-state index contributed by atoms with van der Waals surface area (Å²) in [5, 5.41) is 2.45. The van der Waals surface area contributed by atoms with Crippen LogP contribution in [0.1, 0.15) is 26.2 Å². The number of rotatable bonds is 2. The highest BCUT2D eigenvalue weighted by molar-refractivity contribution is 4.85. The first kappa shape index (κ1) is 8.52. The van der Waals surface area contributed by atoms with Crippen LogP contribution in [0.3, 0.4) is 0 Å². The molecule has 2 aliphatic rings. The topological polar surface area (TPSA) is 19.9 Å². The zero-order valence-corrected chi connectivity index (χ0v) is 8.13. The normalized spacial score (nSPS) is 28.8. The SMILES string of the molecule is CCC1CN(C2CC[NH2+]CC2)C1. The van der Waals surface area contributed by atoms with E-state index in [1.807, 2.05) is 0 Å². The van der Waals surface area contributed by atoms with Gasteiger partial charge in [0.15, 0.2) is 0 Å². The Hall–Kier alpha value is -0.0800. The van der Waals surface area contributed by atoms with Gasteiger partial charge in [0.05, 0.1) is 13.1 Å². The number of likely N-dealkylation sites (tertiary alicyclic amines) is 1. The largest absolute Gasteiger partial charge is 0.346 e. The summed E-state index contributed by atoms with van der Waals surface area (Å²) in [6.45, 7) is 7.81. The van der Waals surface area contributed by atoms with Gasteiger partial charge in [-0.1, -0.05) is 13.3 Å². The minimum absolute atomic E-state index is 0.942. The van der Waals surface area contributed by atoms with Crippen LogP contribution >= 0.6 is 0 Å². The average molecular weight is 169 g/mol. The molecule has 0 aromatic heterocycles. The number of hydrogen-bond donors (Lipinski definition) is 1. The Morgan fingerprint density at radius 3 is 2.50 bits per heavy atom. The molecular weight excluding hydrogens is 148 g/mol. The molecule has 0 amide bonds. The predicted molar refractivity (Wildman–Crippen MR) is 50.0 cm³/mol. The standard InChI is InChI=1S/C10H20N2/c1-2-9-7-12(8-9)10-3-5-11-6-4-10/h9-11H,2-8H2,1H3/p+1. The van der Waals surface area contributed by atoms with Crippen LogP contribution in [0.15, 0.2) is 0 Å². The fraction of sp³-hybridized carbons (Fsp3) is 1.00. The lowest BCUT2D eigenvalue weighted by atomic mass is 9.92. The fourth-order valence-corrected chi connectivity index (χ4v) is 2.44. The van der Waals surface area contributed by atoms with Gasteiger partial charge >= 0.3 is 0 Å². The summed E-state index contributed by atoms with van der Waals surface area (Å²) >= 11 is 0. The first-order chi connectivity index (χ1) is 5.90. The number of quaternary nitrogens is 1. The van der Waals surface area contributed by atoms with E-state index in [9.17, 15) is 0 Å². The van der Waals surface area contributed by atoms with Gasteiger partial charge in [-0.05, 0) is 5.92 Å². The quantitative estimate of drug-likeness (QED) is 0.619. The molecule has 0 atom stereocenters. The Morgan fingerprint density at radius 2 is 1.92 bits per heavy atom. The number of nitrogens with zero attached hydrogens (tertiary/aromatic N) is 1. The molecule has 2 nitrogen and oxygen atoms in total. The van der Waals surface area contributed by atoms with Gasteiger partial charge in [0.25, 0.3) is 0 Å². The van der Waals surface area contributed by atoms with Crippen LogP contribution < -0.4 is 5.32 Å². The summed E-state index contributed by atoms with van der Waals surface area (Å²) in [4.78, 5) is 2.70. The molecule has 70 valence electrons. The van der Waals surface area contributed by atoms with E-state index in [-0.39, 0.29) is 0 Å². The highest BCUT2D eigenvalue weighted by Gasteiger charge is 2.32. The minimum atomic E-state index is 0.942. The second-order valence-corrected chi connectivity index (χ2v) is 4.33. The van der Waals surface area contributed by atoms with Gasteiger partial charge in [-0.2, -0.15) is 0 Å². The molecule has 0 unspecified atom stereocenters. The van der Waals surface area contributed by atoms with Crippen LogP contribution in [0, 0.1) is 5.92 Å². The summed E-state index contributed by atoms with van der Waals surface area (Å²) in [5.41, 5.74) is 0. The monoisotopic (exact) mass is 169 g/mol. The van der Waals surface area contributed by atoms with Gasteiger partial charge in [-0.3, -0.25) is 4.90 Å². The van der Waals surface area contributed by atoms with Crippen molar-refractivity contribution in [2.24, 2.45) is 5.92 Å². The Morgan fingerprint density at radius 1 is 1.25 bits per heavy atom. The average Bonchev–Trinajstić information content (AvgIpc) is 2.04. The zero-order chi connectivity index (χ0) is 8.39. The molecule has 0 aromatic carbocycles. The van der Waals surface area contributed by atoms with Crippen molar-refractivity contribution >= 4 is 0 Å². The third-order valence-corrected chi connectivity index (χ3v) is 3.49. The predicted octanol–water partition coefficient (Wildman–Crippen LogP) is 0.0540. The van der Waals surface area contributed by atoms with Crippen molar-refractivity contribution in [1.29, 1.82) is 0 Å². The molecule has 2 fully saturated rings. The Balaban J connectivity index is 1.72. The number of hydrogen-bond acceptors (Lipinski definition) is 1. The highest BCUT2D eigenvalue weighted by atomic mass is 15.2. The summed E-state index contributed by atoms with van der Waals surface area (Å²) in [5.74, 6) is 1.02. The first-order valence-corrected chi connectivity index (χ1v) is 5.46. The maximum atomic E-state index is 2.70. The van der Waals surface area contributed by atoms with Crippen molar-refractivity contribution in [2.45, 2.75) is 32.2 Å². The van der Waals surface area contributed by atoms with E-state index in [1.165, 1.54) is 45.4 Å². The van der Waals surface area contributed by atoms with Crippen LogP contribution in [-0.2, 0) is 0 Å². The molecule has 12 heavy (non-hydrogen) atoms. The van der Waals surface area contributed by atoms with Gasteiger partial charge in [0, 0.05) is 32.0 Å². The molecule has 2 rings (SSSR count). The van der Waals surface area contributed by atoms with Crippen molar-refractivity contribution < 1.29 is 5.32 Å². The molecule has 0 aromatic rings. The Bertz CT molecular complexity index is 135. The van der Waals surface area contributed by atoms with E-state index in [4.69, 9.17) is 0 Å². The van der Waals surface area contributed by atoms with Gasteiger partial charge in [0.2, 0.25) is 0 Å². The molecule has 0 spiro atoms.